The van der Waals surface area contributed by atoms with E-state index in [-0.39, 0.29) is 5.69 Å². The first-order chi connectivity index (χ1) is 10.7. The first-order valence-corrected chi connectivity index (χ1v) is 8.54. The highest BCUT2D eigenvalue weighted by molar-refractivity contribution is 5.84. The molecule has 1 aromatic heterocycles. The number of fused-ring (bicyclic) bond motifs is 1. The van der Waals surface area contributed by atoms with Crippen molar-refractivity contribution in [1.82, 2.24) is 0 Å². The van der Waals surface area contributed by atoms with Gasteiger partial charge in [-0.3, -0.25) is 0 Å². The van der Waals surface area contributed by atoms with Crippen molar-refractivity contribution in [3.63, 3.8) is 0 Å². The monoisotopic (exact) mass is 301 g/mol. The van der Waals surface area contributed by atoms with Crippen molar-refractivity contribution >= 4 is 16.7 Å². The Morgan fingerprint density at radius 3 is 2.32 bits per heavy atom. The number of para-hydroxylation sites is 1. The molecular formula is C19H27NO2. The molecule has 0 unspecified atom stereocenters. The van der Waals surface area contributed by atoms with E-state index in [1.807, 2.05) is 24.3 Å². The molecule has 0 aliphatic rings. The van der Waals surface area contributed by atoms with Crippen LogP contribution < -0.4 is 11.4 Å². The van der Waals surface area contributed by atoms with E-state index >= 15 is 0 Å². The van der Waals surface area contributed by atoms with Crippen LogP contribution >= 0.6 is 0 Å². The second-order valence-electron chi connectivity index (χ2n) is 6.00. The minimum absolute atomic E-state index is 0.279. The Balaban J connectivity index is 1.89. The van der Waals surface area contributed by atoms with Crippen LogP contribution in [0.3, 0.4) is 0 Å². The van der Waals surface area contributed by atoms with Crippen LogP contribution in [0.1, 0.15) is 63.9 Å². The van der Waals surface area contributed by atoms with Gasteiger partial charge < -0.3 is 10.2 Å². The van der Waals surface area contributed by atoms with E-state index in [0.717, 1.165) is 23.8 Å². The summed E-state index contributed by atoms with van der Waals surface area (Å²) in [6.07, 6.45) is 11.0. The van der Waals surface area contributed by atoms with Gasteiger partial charge in [0.15, 0.2) is 0 Å². The van der Waals surface area contributed by atoms with Crippen LogP contribution in [0, 0.1) is 0 Å². The lowest BCUT2D eigenvalue weighted by molar-refractivity contribution is 0.558. The molecule has 0 spiro atoms. The molecular weight excluding hydrogens is 274 g/mol. The van der Waals surface area contributed by atoms with E-state index in [0.29, 0.717) is 5.58 Å². The summed E-state index contributed by atoms with van der Waals surface area (Å²) in [7, 11) is 0. The van der Waals surface area contributed by atoms with E-state index < -0.39 is 5.63 Å². The van der Waals surface area contributed by atoms with Crippen LogP contribution in [0.15, 0.2) is 33.5 Å². The maximum Gasteiger partial charge on any atom is 0.359 e. The van der Waals surface area contributed by atoms with Crippen molar-refractivity contribution in [1.29, 1.82) is 0 Å². The van der Waals surface area contributed by atoms with Gasteiger partial charge in [0.05, 0.1) is 0 Å². The van der Waals surface area contributed by atoms with Gasteiger partial charge >= 0.3 is 5.63 Å². The fraction of sp³-hybridized carbons (Fsp3) is 0.526. The zero-order chi connectivity index (χ0) is 15.8. The molecule has 0 atom stereocenters. The highest BCUT2D eigenvalue weighted by atomic mass is 16.4. The lowest BCUT2D eigenvalue weighted by atomic mass is 10.0. The lowest BCUT2D eigenvalue weighted by Crippen LogP contribution is -2.10. The second kappa shape index (κ2) is 8.62. The number of nitrogens with two attached hydrogens (primary N) is 1. The Bertz CT molecular complexity index is 645. The molecule has 0 aliphatic carbocycles. The zero-order valence-corrected chi connectivity index (χ0v) is 13.6. The van der Waals surface area contributed by atoms with Gasteiger partial charge in [-0.25, -0.2) is 4.79 Å². The Hall–Kier alpha value is -1.77. The molecule has 0 saturated heterocycles. The van der Waals surface area contributed by atoms with Gasteiger partial charge in [-0.2, -0.15) is 0 Å². The summed E-state index contributed by atoms with van der Waals surface area (Å²) < 4.78 is 5.23. The SMILES string of the molecule is CCCCCCCCCCc1c(N)c(=O)oc2ccccc12. The fourth-order valence-electron chi connectivity index (χ4n) is 2.93. The number of benzene rings is 1. The maximum absolute atomic E-state index is 11.8. The third-order valence-electron chi connectivity index (χ3n) is 4.24. The van der Waals surface area contributed by atoms with Gasteiger partial charge in [-0.05, 0) is 24.5 Å². The summed E-state index contributed by atoms with van der Waals surface area (Å²) in [5.41, 5.74) is 7.40. The van der Waals surface area contributed by atoms with Gasteiger partial charge in [0.1, 0.15) is 11.3 Å². The van der Waals surface area contributed by atoms with E-state index in [4.69, 9.17) is 10.2 Å². The van der Waals surface area contributed by atoms with E-state index in [1.165, 1.54) is 44.9 Å². The van der Waals surface area contributed by atoms with E-state index in [2.05, 4.69) is 6.92 Å². The molecule has 1 aromatic carbocycles. The normalized spacial score (nSPS) is 11.1. The van der Waals surface area contributed by atoms with Crippen LogP contribution in [0.4, 0.5) is 5.69 Å². The number of aryl methyl sites for hydroxylation is 1. The molecule has 3 nitrogen and oxygen atoms in total. The summed E-state index contributed by atoms with van der Waals surface area (Å²) in [5.74, 6) is 0. The first-order valence-electron chi connectivity index (χ1n) is 8.54. The predicted molar refractivity (Wildman–Crippen MR) is 93.2 cm³/mol. The Morgan fingerprint density at radius 2 is 1.59 bits per heavy atom. The van der Waals surface area contributed by atoms with Gasteiger partial charge in [0, 0.05) is 5.39 Å². The third kappa shape index (κ3) is 4.36. The average molecular weight is 301 g/mol. The molecule has 0 radical (unpaired) electrons. The molecule has 0 saturated carbocycles. The summed E-state index contributed by atoms with van der Waals surface area (Å²) >= 11 is 0. The second-order valence-corrected chi connectivity index (χ2v) is 6.00. The number of hydrogen-bond donors (Lipinski definition) is 1. The molecule has 0 bridgehead atoms. The van der Waals surface area contributed by atoms with Crippen molar-refractivity contribution in [2.45, 2.75) is 64.7 Å². The fourth-order valence-corrected chi connectivity index (χ4v) is 2.93. The maximum atomic E-state index is 11.8. The predicted octanol–water partition coefficient (Wildman–Crippen LogP) is 5.06. The number of unbranched alkanes of at least 4 members (excludes halogenated alkanes) is 7. The van der Waals surface area contributed by atoms with Crippen LogP contribution in [-0.2, 0) is 6.42 Å². The average Bonchev–Trinajstić information content (AvgIpc) is 2.53. The van der Waals surface area contributed by atoms with Gasteiger partial charge in [-0.1, -0.05) is 70.1 Å². The van der Waals surface area contributed by atoms with Crippen molar-refractivity contribution < 1.29 is 4.42 Å². The summed E-state index contributed by atoms with van der Waals surface area (Å²) in [4.78, 5) is 11.8. The van der Waals surface area contributed by atoms with Gasteiger partial charge in [0.25, 0.3) is 0 Å². The Morgan fingerprint density at radius 1 is 0.955 bits per heavy atom. The van der Waals surface area contributed by atoms with Crippen molar-refractivity contribution in [3.05, 3.63) is 40.2 Å². The van der Waals surface area contributed by atoms with Crippen LogP contribution in [0.5, 0.6) is 0 Å². The molecule has 2 aromatic rings. The van der Waals surface area contributed by atoms with E-state index in [1.54, 1.807) is 0 Å². The van der Waals surface area contributed by atoms with Crippen LogP contribution in [-0.4, -0.2) is 0 Å². The summed E-state index contributed by atoms with van der Waals surface area (Å²) in [5, 5.41) is 0.975. The molecule has 2 N–H and O–H groups in total. The van der Waals surface area contributed by atoms with Crippen molar-refractivity contribution in [3.8, 4) is 0 Å². The highest BCUT2D eigenvalue weighted by Gasteiger charge is 2.10. The van der Waals surface area contributed by atoms with Crippen LogP contribution in [0.25, 0.3) is 11.0 Å². The number of hydrogen-bond acceptors (Lipinski definition) is 3. The molecule has 3 heteroatoms. The van der Waals surface area contributed by atoms with Gasteiger partial charge in [0.2, 0.25) is 0 Å². The van der Waals surface area contributed by atoms with Crippen molar-refractivity contribution in [2.24, 2.45) is 0 Å². The Labute approximate surface area is 132 Å². The molecule has 22 heavy (non-hydrogen) atoms. The quantitative estimate of drug-likeness (QED) is 0.520. The molecule has 0 fully saturated rings. The molecule has 0 amide bonds. The smallest absolute Gasteiger partial charge is 0.359 e. The summed E-state index contributed by atoms with van der Waals surface area (Å²) in [6, 6.07) is 7.64. The number of nitrogen functional groups attached to an aromatic ring is 1. The molecule has 2 rings (SSSR count). The number of rotatable bonds is 9. The first kappa shape index (κ1) is 16.6. The zero-order valence-electron chi connectivity index (χ0n) is 13.6. The molecule has 120 valence electrons. The number of anilines is 1. The highest BCUT2D eigenvalue weighted by Crippen LogP contribution is 2.23. The topological polar surface area (TPSA) is 56.2 Å². The Kier molecular flexibility index (Phi) is 6.50. The summed E-state index contributed by atoms with van der Waals surface area (Å²) in [6.45, 7) is 2.24. The largest absolute Gasteiger partial charge is 0.421 e. The van der Waals surface area contributed by atoms with Crippen LogP contribution in [0.2, 0.25) is 0 Å². The molecule has 0 aliphatic heterocycles. The standard InChI is InChI=1S/C19H27NO2/c1-2-3-4-5-6-7-8-9-13-16-15-12-10-11-14-17(15)22-19(21)18(16)20/h10-12,14H,2-9,13,20H2,1H3. The van der Waals surface area contributed by atoms with Crippen molar-refractivity contribution in [2.75, 3.05) is 5.73 Å². The lowest BCUT2D eigenvalue weighted by Gasteiger charge is -2.08. The minimum Gasteiger partial charge on any atom is -0.421 e. The third-order valence-corrected chi connectivity index (χ3v) is 4.24. The van der Waals surface area contributed by atoms with Gasteiger partial charge in [-0.15, -0.1) is 0 Å². The molecule has 1 heterocycles. The van der Waals surface area contributed by atoms with E-state index in [9.17, 15) is 4.79 Å². The minimum atomic E-state index is -0.409.